The molecular weight excluding hydrogens is 649 g/mol. The quantitative estimate of drug-likeness (QED) is 0.0923. The number of aldehydes is 1. The van der Waals surface area contributed by atoms with Crippen LogP contribution in [0.5, 0.6) is 0 Å². The van der Waals surface area contributed by atoms with Crippen LogP contribution in [0.1, 0.15) is 117 Å². The molecule has 0 atom stereocenters. The highest BCUT2D eigenvalue weighted by Gasteiger charge is 2.13. The van der Waals surface area contributed by atoms with Crippen molar-refractivity contribution in [2.45, 2.75) is 79.1 Å². The fourth-order valence-corrected chi connectivity index (χ4v) is 5.98. The second-order valence-corrected chi connectivity index (χ2v) is 14.3. The van der Waals surface area contributed by atoms with Crippen LogP contribution in [0.2, 0.25) is 0 Å². The molecule has 0 unspecified atom stereocenters. The van der Waals surface area contributed by atoms with Crippen LogP contribution in [0.25, 0.3) is 22.5 Å². The van der Waals surface area contributed by atoms with Crippen LogP contribution in [0.4, 0.5) is 11.4 Å². The first-order valence-electron chi connectivity index (χ1n) is 18.5. The highest BCUT2D eigenvalue weighted by Crippen LogP contribution is 2.35. The van der Waals surface area contributed by atoms with Crippen molar-refractivity contribution in [2.24, 2.45) is 4.99 Å². The van der Waals surface area contributed by atoms with Gasteiger partial charge in [0.1, 0.15) is 5.69 Å². The van der Waals surface area contributed by atoms with Gasteiger partial charge in [-0.15, -0.1) is 0 Å². The summed E-state index contributed by atoms with van der Waals surface area (Å²) in [6.45, 7) is 17.6. The molecule has 0 amide bonds. The summed E-state index contributed by atoms with van der Waals surface area (Å²) in [4.78, 5) is 24.3. The molecule has 0 bridgehead atoms. The molecule has 2 heterocycles. The summed E-state index contributed by atoms with van der Waals surface area (Å²) < 4.78 is 0. The number of nitrogens with zero attached hydrogens (tertiary/aromatic N) is 3. The number of hydrogen-bond donors (Lipinski definition) is 1. The number of benzene rings is 4. The van der Waals surface area contributed by atoms with E-state index in [1.165, 1.54) is 22.3 Å². The molecule has 272 valence electrons. The summed E-state index contributed by atoms with van der Waals surface area (Å²) in [5.41, 5.74) is 18.5. The van der Waals surface area contributed by atoms with Crippen molar-refractivity contribution in [3.63, 3.8) is 0 Å². The van der Waals surface area contributed by atoms with Crippen LogP contribution in [-0.2, 0) is 0 Å². The molecule has 0 radical (unpaired) electrons. The first kappa shape index (κ1) is 40.1. The maximum absolute atomic E-state index is 10.5. The van der Waals surface area contributed by atoms with Crippen molar-refractivity contribution >= 4 is 23.9 Å². The number of hydrogen-bond acceptors (Lipinski definition) is 5. The zero-order chi connectivity index (χ0) is 38.3. The van der Waals surface area contributed by atoms with E-state index in [0.717, 1.165) is 45.9 Å². The minimum Gasteiger partial charge on any atom is -0.398 e. The Bertz CT molecular complexity index is 2010. The Labute approximate surface area is 317 Å². The van der Waals surface area contributed by atoms with E-state index in [9.17, 15) is 4.79 Å². The number of rotatable bonds is 9. The maximum Gasteiger partial charge on any atom is 0.168 e. The van der Waals surface area contributed by atoms with Gasteiger partial charge in [0.15, 0.2) is 6.29 Å². The smallest absolute Gasteiger partial charge is 0.168 e. The lowest BCUT2D eigenvalue weighted by atomic mass is 9.93. The zero-order valence-corrected chi connectivity index (χ0v) is 32.5. The van der Waals surface area contributed by atoms with E-state index in [1.807, 2.05) is 85.1 Å². The first-order valence-corrected chi connectivity index (χ1v) is 18.5. The fourth-order valence-electron chi connectivity index (χ4n) is 5.98. The monoisotopic (exact) mass is 702 g/mol. The Balaban J connectivity index is 0.000000196. The molecule has 6 rings (SSSR count). The SMILES string of the molecule is CC(C)c1cccc(C(C)C)c1N.CC(C)c1cccc(C(C)C)c1N=Cc1cccc(-c2ccccc2)n1.O=Cc1cccc(-c2ccccc2)n1. The molecule has 0 fully saturated rings. The van der Waals surface area contributed by atoms with E-state index >= 15 is 0 Å². The topological polar surface area (TPSA) is 81.2 Å². The lowest BCUT2D eigenvalue weighted by molar-refractivity contribution is 0.111. The number of carbonyl (C=O) groups excluding carboxylic acids is 1. The summed E-state index contributed by atoms with van der Waals surface area (Å²) in [6, 6.07) is 44.3. The van der Waals surface area contributed by atoms with Gasteiger partial charge in [0.05, 0.1) is 29.0 Å². The molecule has 0 spiro atoms. The number of nitrogen functional groups attached to an aromatic ring is 1. The third-order valence-electron chi connectivity index (χ3n) is 8.89. The van der Waals surface area contributed by atoms with Crippen LogP contribution in [0.3, 0.4) is 0 Å². The average Bonchev–Trinajstić information content (AvgIpc) is 3.18. The lowest BCUT2D eigenvalue weighted by Crippen LogP contribution is -2.02. The Kier molecular flexibility index (Phi) is 15.0. The Hall–Kier alpha value is -5.68. The van der Waals surface area contributed by atoms with Gasteiger partial charge >= 0.3 is 0 Å². The van der Waals surface area contributed by atoms with Gasteiger partial charge in [-0.25, -0.2) is 9.97 Å². The lowest BCUT2D eigenvalue weighted by Gasteiger charge is -2.16. The summed E-state index contributed by atoms with van der Waals surface area (Å²) in [5.74, 6) is 1.89. The minimum absolute atomic E-state index is 0.435. The largest absolute Gasteiger partial charge is 0.398 e. The van der Waals surface area contributed by atoms with Crippen LogP contribution >= 0.6 is 0 Å². The van der Waals surface area contributed by atoms with Gasteiger partial charge in [-0.2, -0.15) is 0 Å². The number of aliphatic imine (C=N–C) groups is 1. The molecule has 0 saturated heterocycles. The molecule has 0 aliphatic carbocycles. The minimum atomic E-state index is 0.435. The molecule has 0 aliphatic heterocycles. The van der Waals surface area contributed by atoms with Crippen molar-refractivity contribution in [1.82, 2.24) is 9.97 Å². The maximum atomic E-state index is 10.5. The molecule has 0 saturated carbocycles. The van der Waals surface area contributed by atoms with Gasteiger partial charge in [0.25, 0.3) is 0 Å². The Morgan fingerprint density at radius 3 is 1.26 bits per heavy atom. The van der Waals surface area contributed by atoms with E-state index in [0.29, 0.717) is 29.4 Å². The Morgan fingerprint density at radius 1 is 0.472 bits per heavy atom. The van der Waals surface area contributed by atoms with E-state index in [2.05, 4.69) is 109 Å². The number of nitrogens with two attached hydrogens (primary N) is 1. The summed E-state index contributed by atoms with van der Waals surface area (Å²) in [6.07, 6.45) is 2.64. The number of anilines is 1. The molecule has 5 nitrogen and oxygen atoms in total. The number of carbonyl (C=O) groups is 1. The normalized spacial score (nSPS) is 11.0. The van der Waals surface area contributed by atoms with Crippen LogP contribution in [0, 0.1) is 0 Å². The van der Waals surface area contributed by atoms with Gasteiger partial charge < -0.3 is 5.73 Å². The number of pyridine rings is 2. The number of para-hydroxylation sites is 2. The van der Waals surface area contributed by atoms with Crippen molar-refractivity contribution < 1.29 is 4.79 Å². The zero-order valence-electron chi connectivity index (χ0n) is 32.5. The van der Waals surface area contributed by atoms with E-state index in [-0.39, 0.29) is 0 Å². The standard InChI is InChI=1S/C24H26N2.C12H9NO.C12H19N/c1-17(2)21-13-9-14-22(18(3)4)24(21)25-16-20-12-8-15-23(26-20)19-10-6-5-7-11-19;14-9-11-7-4-8-12(13-11)10-5-2-1-3-6-10;1-8(2)10-6-5-7-11(9(3)4)12(10)13/h5-18H,1-4H3;1-9H;5-9H,13H2,1-4H3. The Morgan fingerprint density at radius 2 is 0.849 bits per heavy atom. The molecule has 2 N–H and O–H groups in total. The number of aromatic nitrogens is 2. The van der Waals surface area contributed by atoms with Gasteiger partial charge in [-0.05, 0) is 70.2 Å². The molecule has 53 heavy (non-hydrogen) atoms. The fraction of sp³-hybridized carbons (Fsp3) is 0.250. The van der Waals surface area contributed by atoms with Crippen molar-refractivity contribution in [3.8, 4) is 22.5 Å². The first-order chi connectivity index (χ1) is 25.5. The molecule has 0 aliphatic rings. The molecular formula is C48H54N4O. The van der Waals surface area contributed by atoms with E-state index in [4.69, 9.17) is 15.7 Å². The molecule has 2 aromatic heterocycles. The summed E-state index contributed by atoms with van der Waals surface area (Å²) >= 11 is 0. The van der Waals surface area contributed by atoms with Crippen molar-refractivity contribution in [3.05, 3.63) is 167 Å². The highest BCUT2D eigenvalue weighted by molar-refractivity contribution is 5.82. The van der Waals surface area contributed by atoms with Crippen molar-refractivity contribution in [2.75, 3.05) is 5.73 Å². The second-order valence-electron chi connectivity index (χ2n) is 14.3. The summed E-state index contributed by atoms with van der Waals surface area (Å²) in [7, 11) is 0. The van der Waals surface area contributed by atoms with Crippen LogP contribution in [0.15, 0.2) is 138 Å². The second kappa shape index (κ2) is 19.8. The van der Waals surface area contributed by atoms with Gasteiger partial charge in [0.2, 0.25) is 0 Å². The predicted molar refractivity (Wildman–Crippen MR) is 226 cm³/mol. The van der Waals surface area contributed by atoms with Gasteiger partial charge in [0, 0.05) is 16.8 Å². The third kappa shape index (κ3) is 11.4. The van der Waals surface area contributed by atoms with Gasteiger partial charge in [-0.1, -0.05) is 165 Å². The van der Waals surface area contributed by atoms with E-state index in [1.54, 1.807) is 6.07 Å². The summed E-state index contributed by atoms with van der Waals surface area (Å²) in [5, 5.41) is 0. The highest BCUT2D eigenvalue weighted by atomic mass is 16.1. The van der Waals surface area contributed by atoms with Crippen LogP contribution < -0.4 is 5.73 Å². The van der Waals surface area contributed by atoms with Crippen LogP contribution in [-0.4, -0.2) is 22.5 Å². The molecule has 6 aromatic rings. The molecule has 5 heteroatoms. The van der Waals surface area contributed by atoms with Crippen molar-refractivity contribution in [1.29, 1.82) is 0 Å². The van der Waals surface area contributed by atoms with Gasteiger partial charge in [-0.3, -0.25) is 9.79 Å². The molecule has 4 aromatic carbocycles. The predicted octanol–water partition coefficient (Wildman–Crippen LogP) is 12.8. The third-order valence-corrected chi connectivity index (χ3v) is 8.89. The van der Waals surface area contributed by atoms with E-state index < -0.39 is 0 Å². The average molecular weight is 703 g/mol.